The van der Waals surface area contributed by atoms with Crippen LogP contribution in [0.3, 0.4) is 0 Å². The first-order valence-electron chi connectivity index (χ1n) is 8.43. The number of nitrogens with zero attached hydrogens (tertiary/aromatic N) is 2. The van der Waals surface area contributed by atoms with Crippen LogP contribution in [-0.2, 0) is 4.79 Å². The normalized spacial score (nSPS) is 14.8. The number of halogens is 1. The highest BCUT2D eigenvalue weighted by Gasteiger charge is 2.17. The van der Waals surface area contributed by atoms with Gasteiger partial charge in [-0.15, -0.1) is 10.2 Å². The summed E-state index contributed by atoms with van der Waals surface area (Å²) in [5.41, 5.74) is 0.741. The number of nitrogens with one attached hydrogen (secondary N) is 2. The molecule has 2 aromatic rings. The number of carbonyl (C=O) groups is 2. The zero-order valence-electron chi connectivity index (χ0n) is 14.0. The molecule has 0 atom stereocenters. The maximum atomic E-state index is 11.9. The molecule has 0 spiro atoms. The number of amides is 3. The van der Waals surface area contributed by atoms with Crippen molar-refractivity contribution in [2.24, 2.45) is 0 Å². The van der Waals surface area contributed by atoms with Crippen molar-refractivity contribution in [1.29, 1.82) is 0 Å². The Morgan fingerprint density at radius 1 is 1.15 bits per heavy atom. The molecule has 1 heterocycles. The second-order valence-corrected chi connectivity index (χ2v) is 7.39. The molecular weight excluding hydrogens is 376 g/mol. The van der Waals surface area contributed by atoms with E-state index in [2.05, 4.69) is 20.8 Å². The van der Waals surface area contributed by atoms with Crippen molar-refractivity contribution in [2.75, 3.05) is 5.75 Å². The van der Waals surface area contributed by atoms with Crippen LogP contribution in [-0.4, -0.2) is 33.9 Å². The van der Waals surface area contributed by atoms with Crippen molar-refractivity contribution in [2.45, 2.75) is 43.4 Å². The smallest absolute Gasteiger partial charge is 0.321 e. The van der Waals surface area contributed by atoms with Crippen LogP contribution < -0.4 is 10.6 Å². The minimum Gasteiger partial charge on any atom is -0.411 e. The highest BCUT2D eigenvalue weighted by atomic mass is 35.5. The third-order valence-corrected chi connectivity index (χ3v) is 5.09. The summed E-state index contributed by atoms with van der Waals surface area (Å²) >= 11 is 6.92. The summed E-state index contributed by atoms with van der Waals surface area (Å²) < 4.78 is 5.50. The standard InChI is InChI=1S/C17H19ClN4O3S/c18-12-8-6-11(7-9-12)15-21-22-17(25-15)26-10-14(23)20-16(24)19-13-4-2-1-3-5-13/h6-9,13H,1-5,10H2,(H2,19,20,23,24). The lowest BCUT2D eigenvalue weighted by molar-refractivity contribution is -0.117. The zero-order valence-corrected chi connectivity index (χ0v) is 15.6. The lowest BCUT2D eigenvalue weighted by atomic mass is 9.96. The quantitative estimate of drug-likeness (QED) is 0.751. The van der Waals surface area contributed by atoms with Gasteiger partial charge in [0.05, 0.1) is 5.75 Å². The summed E-state index contributed by atoms with van der Waals surface area (Å²) in [6.07, 6.45) is 5.36. The summed E-state index contributed by atoms with van der Waals surface area (Å²) in [5.74, 6) is -0.0467. The van der Waals surface area contributed by atoms with Crippen LogP contribution in [0.5, 0.6) is 0 Å². The third kappa shape index (κ3) is 5.47. The molecule has 1 aliphatic rings. The number of benzene rings is 1. The molecule has 1 aromatic carbocycles. The molecule has 0 bridgehead atoms. The van der Waals surface area contributed by atoms with E-state index in [4.69, 9.17) is 16.0 Å². The Hall–Kier alpha value is -2.06. The second-order valence-electron chi connectivity index (χ2n) is 6.03. The number of urea groups is 1. The van der Waals surface area contributed by atoms with Gasteiger partial charge < -0.3 is 9.73 Å². The van der Waals surface area contributed by atoms with Gasteiger partial charge in [0, 0.05) is 16.6 Å². The van der Waals surface area contributed by atoms with Crippen LogP contribution in [0.25, 0.3) is 11.5 Å². The Labute approximate surface area is 160 Å². The molecule has 0 unspecified atom stereocenters. The van der Waals surface area contributed by atoms with Crippen molar-refractivity contribution in [3.05, 3.63) is 29.3 Å². The fourth-order valence-electron chi connectivity index (χ4n) is 2.74. The summed E-state index contributed by atoms with van der Waals surface area (Å²) in [4.78, 5) is 23.7. The molecule has 138 valence electrons. The molecule has 26 heavy (non-hydrogen) atoms. The minimum absolute atomic E-state index is 0.0142. The fourth-order valence-corrected chi connectivity index (χ4v) is 3.42. The Kier molecular flexibility index (Phi) is 6.51. The molecule has 0 aliphatic heterocycles. The van der Waals surface area contributed by atoms with E-state index < -0.39 is 11.9 Å². The van der Waals surface area contributed by atoms with E-state index in [1.54, 1.807) is 24.3 Å². The van der Waals surface area contributed by atoms with E-state index >= 15 is 0 Å². The first-order valence-corrected chi connectivity index (χ1v) is 9.79. The number of carbonyl (C=O) groups excluding carboxylic acids is 2. The summed E-state index contributed by atoms with van der Waals surface area (Å²) in [6.45, 7) is 0. The molecular formula is C17H19ClN4O3S. The Morgan fingerprint density at radius 3 is 2.62 bits per heavy atom. The van der Waals surface area contributed by atoms with E-state index in [-0.39, 0.29) is 17.0 Å². The number of hydrogen-bond donors (Lipinski definition) is 2. The first-order chi connectivity index (χ1) is 12.6. The van der Waals surface area contributed by atoms with Crippen molar-refractivity contribution in [3.8, 4) is 11.5 Å². The van der Waals surface area contributed by atoms with E-state index in [0.717, 1.165) is 43.0 Å². The van der Waals surface area contributed by atoms with Gasteiger partial charge in [-0.25, -0.2) is 4.79 Å². The molecule has 3 amide bonds. The average molecular weight is 395 g/mol. The number of hydrogen-bond acceptors (Lipinski definition) is 6. The molecule has 9 heteroatoms. The number of thioether (sulfide) groups is 1. The largest absolute Gasteiger partial charge is 0.411 e. The molecule has 7 nitrogen and oxygen atoms in total. The maximum absolute atomic E-state index is 11.9. The lowest BCUT2D eigenvalue weighted by Gasteiger charge is -2.22. The van der Waals surface area contributed by atoms with Gasteiger partial charge in [0.2, 0.25) is 11.8 Å². The number of imide groups is 1. The summed E-state index contributed by atoms with van der Waals surface area (Å²) in [7, 11) is 0. The van der Waals surface area contributed by atoms with Gasteiger partial charge in [-0.05, 0) is 37.1 Å². The van der Waals surface area contributed by atoms with Gasteiger partial charge >= 0.3 is 6.03 Å². The lowest BCUT2D eigenvalue weighted by Crippen LogP contribution is -2.45. The van der Waals surface area contributed by atoms with Gasteiger partial charge in [-0.2, -0.15) is 0 Å². The van der Waals surface area contributed by atoms with Crippen molar-refractivity contribution >= 4 is 35.3 Å². The molecule has 1 saturated carbocycles. The van der Waals surface area contributed by atoms with Gasteiger partial charge in [0.25, 0.3) is 5.22 Å². The van der Waals surface area contributed by atoms with Gasteiger partial charge in [-0.1, -0.05) is 42.6 Å². The molecule has 1 aromatic heterocycles. The molecule has 1 aliphatic carbocycles. The highest BCUT2D eigenvalue weighted by molar-refractivity contribution is 7.99. The maximum Gasteiger partial charge on any atom is 0.321 e. The van der Waals surface area contributed by atoms with Crippen LogP contribution in [0.4, 0.5) is 4.79 Å². The molecule has 0 saturated heterocycles. The highest BCUT2D eigenvalue weighted by Crippen LogP contribution is 2.24. The second kappa shape index (κ2) is 9.05. The molecule has 1 fully saturated rings. The molecule has 0 radical (unpaired) electrons. The zero-order chi connectivity index (χ0) is 18.4. The van der Waals surface area contributed by atoms with E-state index in [0.29, 0.717) is 10.9 Å². The predicted molar refractivity (Wildman–Crippen MR) is 99.0 cm³/mol. The van der Waals surface area contributed by atoms with E-state index in [1.807, 2.05) is 0 Å². The third-order valence-electron chi connectivity index (χ3n) is 4.02. The van der Waals surface area contributed by atoms with Crippen molar-refractivity contribution in [1.82, 2.24) is 20.8 Å². The van der Waals surface area contributed by atoms with Crippen LogP contribution >= 0.6 is 23.4 Å². The van der Waals surface area contributed by atoms with Crippen LogP contribution in [0.1, 0.15) is 32.1 Å². The van der Waals surface area contributed by atoms with Crippen molar-refractivity contribution < 1.29 is 14.0 Å². The van der Waals surface area contributed by atoms with E-state index in [1.165, 1.54) is 6.42 Å². The van der Waals surface area contributed by atoms with Crippen LogP contribution in [0, 0.1) is 0 Å². The van der Waals surface area contributed by atoms with E-state index in [9.17, 15) is 9.59 Å². The van der Waals surface area contributed by atoms with Crippen LogP contribution in [0.15, 0.2) is 33.9 Å². The SMILES string of the molecule is O=C(CSc1nnc(-c2ccc(Cl)cc2)o1)NC(=O)NC1CCCCC1. The fraction of sp³-hybridized carbons (Fsp3) is 0.412. The predicted octanol–water partition coefficient (Wildman–Crippen LogP) is 3.64. The van der Waals surface area contributed by atoms with Gasteiger partial charge in [0.15, 0.2) is 0 Å². The topological polar surface area (TPSA) is 97.1 Å². The van der Waals surface area contributed by atoms with Gasteiger partial charge in [0.1, 0.15) is 0 Å². The Bertz CT molecular complexity index is 760. The monoisotopic (exact) mass is 394 g/mol. The Balaban J connectivity index is 1.44. The summed E-state index contributed by atoms with van der Waals surface area (Å²) in [5, 5.41) is 13.9. The van der Waals surface area contributed by atoms with Gasteiger partial charge in [-0.3, -0.25) is 10.1 Å². The average Bonchev–Trinajstić information content (AvgIpc) is 3.10. The summed E-state index contributed by atoms with van der Waals surface area (Å²) in [6, 6.07) is 6.70. The molecule has 2 N–H and O–H groups in total. The molecule has 3 rings (SSSR count). The first kappa shape index (κ1) is 18.7. The minimum atomic E-state index is -0.449. The van der Waals surface area contributed by atoms with Crippen molar-refractivity contribution in [3.63, 3.8) is 0 Å². The number of rotatable bonds is 5. The number of aromatic nitrogens is 2. The Morgan fingerprint density at radius 2 is 1.88 bits per heavy atom. The van der Waals surface area contributed by atoms with Crippen LogP contribution in [0.2, 0.25) is 5.02 Å².